The van der Waals surface area contributed by atoms with Gasteiger partial charge in [-0.2, -0.15) is 13.2 Å². The van der Waals surface area contributed by atoms with Crippen LogP contribution in [0.4, 0.5) is 22.0 Å². The van der Waals surface area contributed by atoms with Crippen molar-refractivity contribution >= 4 is 0 Å². The Morgan fingerprint density at radius 2 is 1.57 bits per heavy atom. The van der Waals surface area contributed by atoms with Gasteiger partial charge in [0.25, 0.3) is 0 Å². The van der Waals surface area contributed by atoms with Gasteiger partial charge in [0.1, 0.15) is 17.3 Å². The van der Waals surface area contributed by atoms with Crippen molar-refractivity contribution in [1.82, 2.24) is 14.5 Å². The number of imidazole rings is 1. The number of fused-ring (bicyclic) bond motifs is 1. The fraction of sp³-hybridized carbons (Fsp3) is 0.100. The van der Waals surface area contributed by atoms with Crippen molar-refractivity contribution in [2.45, 2.75) is 12.7 Å². The highest BCUT2D eigenvalue weighted by molar-refractivity contribution is 5.66. The van der Waals surface area contributed by atoms with E-state index < -0.39 is 23.4 Å². The Morgan fingerprint density at radius 1 is 0.857 bits per heavy atom. The zero-order chi connectivity index (χ0) is 19.9. The van der Waals surface area contributed by atoms with Crippen LogP contribution in [-0.2, 0) is 12.7 Å². The van der Waals surface area contributed by atoms with Crippen LogP contribution in [0.15, 0.2) is 60.9 Å². The number of pyridine rings is 1. The lowest BCUT2D eigenvalue weighted by atomic mass is 10.1. The molecule has 0 saturated carbocycles. The van der Waals surface area contributed by atoms with Crippen LogP contribution in [0.5, 0.6) is 0 Å². The number of rotatable bonds is 3. The highest BCUT2D eigenvalue weighted by atomic mass is 19.4. The molecule has 0 aromatic heterocycles. The van der Waals surface area contributed by atoms with Gasteiger partial charge in [-0.15, -0.1) is 0 Å². The van der Waals surface area contributed by atoms with Crippen molar-refractivity contribution in [3.63, 3.8) is 0 Å². The highest BCUT2D eigenvalue weighted by Gasteiger charge is 2.29. The average Bonchev–Trinajstić information content (AvgIpc) is 3.06. The number of aromatic nitrogens is 3. The Kier molecular flexibility index (Phi) is 4.33. The molecule has 0 N–H and O–H groups in total. The summed E-state index contributed by atoms with van der Waals surface area (Å²) in [6.45, 7) is 0.324. The Morgan fingerprint density at radius 3 is 2.29 bits per heavy atom. The molecule has 0 amide bonds. The summed E-state index contributed by atoms with van der Waals surface area (Å²) in [6, 6.07) is 9.58. The number of nitrogens with zero attached hydrogens (tertiary/aromatic N) is 3. The summed E-state index contributed by atoms with van der Waals surface area (Å²) in [4.78, 5) is 8.46. The lowest BCUT2D eigenvalue weighted by Gasteiger charge is -2.10. The third-order valence-electron chi connectivity index (χ3n) is 4.24. The van der Waals surface area contributed by atoms with Crippen LogP contribution in [0.2, 0.25) is 0 Å². The van der Waals surface area contributed by atoms with E-state index in [4.69, 9.17) is 0 Å². The molecule has 0 unspecified atom stereocenters. The van der Waals surface area contributed by atoms with E-state index in [1.165, 1.54) is 12.1 Å². The first-order valence-corrected chi connectivity index (χ1v) is 8.25. The smallest absolute Gasteiger partial charge is 0.348 e. The van der Waals surface area contributed by atoms with Crippen molar-refractivity contribution in [2.75, 3.05) is 0 Å². The quantitative estimate of drug-likeness (QED) is 0.440. The predicted octanol–water partition coefficient (Wildman–Crippen LogP) is 5.40. The van der Waals surface area contributed by atoms with Gasteiger partial charge in [-0.3, -0.25) is 0 Å². The Balaban J connectivity index is 1.62. The first kappa shape index (κ1) is 18.1. The molecular formula is C20H12F5N3. The van der Waals surface area contributed by atoms with Crippen molar-refractivity contribution in [2.24, 2.45) is 0 Å². The summed E-state index contributed by atoms with van der Waals surface area (Å²) in [7, 11) is 0. The average molecular weight is 389 g/mol. The molecule has 0 spiro atoms. The lowest BCUT2D eigenvalue weighted by Crippen LogP contribution is -2.05. The SMILES string of the molecule is Fc1ccc(F)c(-c2nc3ccn(Cc4ccc(C(F)(F)F)cc4)cc-3n2)c1. The maximum absolute atomic E-state index is 13.9. The first-order chi connectivity index (χ1) is 13.3. The zero-order valence-electron chi connectivity index (χ0n) is 14.2. The van der Waals surface area contributed by atoms with Crippen molar-refractivity contribution in [3.8, 4) is 22.8 Å². The minimum atomic E-state index is -4.38. The number of halogens is 5. The van der Waals surface area contributed by atoms with E-state index in [1.54, 1.807) is 23.0 Å². The van der Waals surface area contributed by atoms with Crippen molar-refractivity contribution < 1.29 is 22.0 Å². The molecular weight excluding hydrogens is 377 g/mol. The van der Waals surface area contributed by atoms with E-state index in [0.717, 1.165) is 30.3 Å². The summed E-state index contributed by atoms with van der Waals surface area (Å²) in [6.07, 6.45) is -1.03. The molecule has 2 aliphatic heterocycles. The monoisotopic (exact) mass is 389 g/mol. The molecule has 0 atom stereocenters. The number of benzene rings is 2. The second kappa shape index (κ2) is 6.70. The number of alkyl halides is 3. The van der Waals surface area contributed by atoms with Crippen molar-refractivity contribution in [3.05, 3.63) is 83.7 Å². The van der Waals surface area contributed by atoms with E-state index in [1.807, 2.05) is 0 Å². The van der Waals surface area contributed by atoms with Crippen LogP contribution >= 0.6 is 0 Å². The molecule has 3 nitrogen and oxygen atoms in total. The third-order valence-corrected chi connectivity index (χ3v) is 4.24. The van der Waals surface area contributed by atoms with Gasteiger partial charge >= 0.3 is 6.18 Å². The van der Waals surface area contributed by atoms with Crippen molar-refractivity contribution in [1.29, 1.82) is 0 Å². The predicted molar refractivity (Wildman–Crippen MR) is 92.5 cm³/mol. The van der Waals surface area contributed by atoms with Gasteiger partial charge < -0.3 is 4.57 Å². The molecule has 4 rings (SSSR count). The Labute approximate surface area is 156 Å². The molecule has 28 heavy (non-hydrogen) atoms. The largest absolute Gasteiger partial charge is 0.416 e. The van der Waals surface area contributed by atoms with Crippen LogP contribution in [0.3, 0.4) is 0 Å². The van der Waals surface area contributed by atoms with Crippen LogP contribution in [0.1, 0.15) is 11.1 Å². The normalized spacial score (nSPS) is 11.9. The van der Waals surface area contributed by atoms with Crippen LogP contribution in [0, 0.1) is 11.6 Å². The molecule has 0 radical (unpaired) electrons. The first-order valence-electron chi connectivity index (χ1n) is 8.25. The van der Waals surface area contributed by atoms with Gasteiger partial charge in [0.15, 0.2) is 5.82 Å². The van der Waals surface area contributed by atoms with Gasteiger partial charge in [0, 0.05) is 18.9 Å². The summed E-state index contributed by atoms with van der Waals surface area (Å²) in [5, 5.41) is 0. The van der Waals surface area contributed by atoms with E-state index in [9.17, 15) is 22.0 Å². The summed E-state index contributed by atoms with van der Waals surface area (Å²) in [5.41, 5.74) is 0.898. The minimum absolute atomic E-state index is 0.0366. The second-order valence-corrected chi connectivity index (χ2v) is 6.25. The van der Waals surface area contributed by atoms with Crippen LogP contribution in [0.25, 0.3) is 22.8 Å². The van der Waals surface area contributed by atoms with Crippen LogP contribution < -0.4 is 0 Å². The minimum Gasteiger partial charge on any atom is -0.348 e. The Bertz CT molecular complexity index is 1100. The van der Waals surface area contributed by atoms with Crippen LogP contribution in [-0.4, -0.2) is 14.5 Å². The molecule has 0 fully saturated rings. The molecule has 2 aliphatic rings. The maximum atomic E-state index is 13.9. The third kappa shape index (κ3) is 3.58. The zero-order valence-corrected chi connectivity index (χ0v) is 14.2. The molecule has 2 aromatic carbocycles. The standard InChI is InChI=1S/C20H12F5N3/c21-14-5-6-16(22)15(9-14)19-26-17-7-8-28(11-18(17)27-19)10-12-1-3-13(4-2-12)20(23,24)25/h1-9,11H,10H2. The van der Waals surface area contributed by atoms with E-state index >= 15 is 0 Å². The van der Waals surface area contributed by atoms with Gasteiger partial charge in [0.05, 0.1) is 16.8 Å². The maximum Gasteiger partial charge on any atom is 0.416 e. The molecule has 8 heteroatoms. The highest BCUT2D eigenvalue weighted by Crippen LogP contribution is 2.30. The summed E-state index contributed by atoms with van der Waals surface area (Å²) >= 11 is 0. The molecule has 0 bridgehead atoms. The summed E-state index contributed by atoms with van der Waals surface area (Å²) in [5.74, 6) is -1.16. The lowest BCUT2D eigenvalue weighted by molar-refractivity contribution is -0.137. The fourth-order valence-electron chi connectivity index (χ4n) is 2.85. The molecule has 142 valence electrons. The molecule has 0 aliphatic carbocycles. The van der Waals surface area contributed by atoms with E-state index in [0.29, 0.717) is 23.5 Å². The van der Waals surface area contributed by atoms with Gasteiger partial charge in [-0.1, -0.05) is 12.1 Å². The van der Waals surface area contributed by atoms with E-state index in [-0.39, 0.29) is 11.4 Å². The topological polar surface area (TPSA) is 30.7 Å². The molecule has 0 saturated heterocycles. The number of hydrogen-bond acceptors (Lipinski definition) is 2. The fourth-order valence-corrected chi connectivity index (χ4v) is 2.85. The summed E-state index contributed by atoms with van der Waals surface area (Å²) < 4.78 is 67.0. The van der Waals surface area contributed by atoms with E-state index in [2.05, 4.69) is 9.97 Å². The molecule has 2 heterocycles. The van der Waals surface area contributed by atoms with Gasteiger partial charge in [0.2, 0.25) is 0 Å². The molecule has 2 aromatic rings. The number of hydrogen-bond donors (Lipinski definition) is 0. The van der Waals surface area contributed by atoms with Gasteiger partial charge in [-0.05, 0) is 42.0 Å². The second-order valence-electron chi connectivity index (χ2n) is 6.25. The Hall–Kier alpha value is -3.29. The van der Waals surface area contributed by atoms with Gasteiger partial charge in [-0.25, -0.2) is 18.7 Å².